The first-order valence-corrected chi connectivity index (χ1v) is 11.6. The van der Waals surface area contributed by atoms with Gasteiger partial charge in [-0.1, -0.05) is 29.8 Å². The number of nitrogen functional groups attached to an aromatic ring is 1. The highest BCUT2D eigenvalue weighted by Gasteiger charge is 2.39. The van der Waals surface area contributed by atoms with Gasteiger partial charge in [0.15, 0.2) is 11.6 Å². The Labute approximate surface area is 222 Å². The Balaban J connectivity index is 1.96. The highest BCUT2D eigenvalue weighted by atomic mass is 35.5. The number of nitrogens with zero attached hydrogens (tertiary/aromatic N) is 6. The van der Waals surface area contributed by atoms with Crippen LogP contribution in [0.5, 0.6) is 0 Å². The Morgan fingerprint density at radius 1 is 1.26 bits per heavy atom. The number of hydrogen-bond donors (Lipinski definition) is 1. The van der Waals surface area contributed by atoms with E-state index in [-0.39, 0.29) is 42.4 Å². The molecular formula is C23H17Cl2F4N7O2. The van der Waals surface area contributed by atoms with E-state index in [0.717, 1.165) is 18.5 Å². The molecule has 1 aliphatic heterocycles. The summed E-state index contributed by atoms with van der Waals surface area (Å²) in [7, 11) is 0. The fourth-order valence-corrected chi connectivity index (χ4v) is 4.83. The Morgan fingerprint density at radius 2 is 1.97 bits per heavy atom. The molecule has 2 aromatic heterocycles. The highest BCUT2D eigenvalue weighted by Crippen LogP contribution is 2.43. The number of amides is 1. The number of carbonyl (C=O) groups excluding carboxylic acids is 1. The van der Waals surface area contributed by atoms with Gasteiger partial charge in [-0.2, -0.15) is 28.0 Å². The van der Waals surface area contributed by atoms with Crippen molar-refractivity contribution in [3.8, 4) is 17.2 Å². The quantitative estimate of drug-likeness (QED) is 0.219. The number of fused-ring (bicyclic) bond motifs is 1. The number of halogens is 6. The fourth-order valence-electron chi connectivity index (χ4n) is 4.37. The van der Waals surface area contributed by atoms with Gasteiger partial charge in [0.05, 0.1) is 45.4 Å². The number of rotatable bonds is 4. The van der Waals surface area contributed by atoms with Gasteiger partial charge in [-0.25, -0.2) is 9.37 Å². The number of nitriles is 1. The van der Waals surface area contributed by atoms with Crippen molar-refractivity contribution in [3.63, 3.8) is 0 Å². The molecule has 1 unspecified atom stereocenters. The topological polar surface area (TPSA) is 121 Å². The third kappa shape index (κ3) is 4.61. The second-order valence-electron chi connectivity index (χ2n) is 8.26. The van der Waals surface area contributed by atoms with Crippen molar-refractivity contribution < 1.29 is 22.4 Å². The molecule has 3 heterocycles. The number of aromatic nitrogens is 3. The Kier molecular flexibility index (Phi) is 7.22. The van der Waals surface area contributed by atoms with Crippen molar-refractivity contribution in [1.29, 1.82) is 5.26 Å². The minimum Gasteiger partial charge on any atom is -0.397 e. The van der Waals surface area contributed by atoms with Crippen LogP contribution in [0.4, 0.5) is 29.1 Å². The number of nitrogens with two attached hydrogens (primary N) is 1. The standard InChI is InChI=1S/C23H17Cl2F4N7O2/c1-2-16(37)35-6-5-34(9-11(35)3-4-30)21-15-7-12(23(27,28)29)17(22(38)36(15)33-10-32-21)18-19(26)13(24)8-14(25)20(18)31/h2,7-8,10-11H,1,3,5-6,9,31H2. The van der Waals surface area contributed by atoms with Crippen LogP contribution in [-0.4, -0.2) is 51.1 Å². The normalized spacial score (nSPS) is 16.0. The molecule has 1 amide bonds. The number of alkyl halides is 3. The van der Waals surface area contributed by atoms with E-state index in [9.17, 15) is 28.0 Å². The molecule has 1 aliphatic rings. The van der Waals surface area contributed by atoms with Crippen LogP contribution in [0.2, 0.25) is 10.0 Å². The third-order valence-corrected chi connectivity index (χ3v) is 6.68. The molecule has 198 valence electrons. The minimum atomic E-state index is -5.14. The van der Waals surface area contributed by atoms with Crippen LogP contribution in [0, 0.1) is 17.1 Å². The molecular weight excluding hydrogens is 553 g/mol. The van der Waals surface area contributed by atoms with E-state index in [4.69, 9.17) is 28.9 Å². The summed E-state index contributed by atoms with van der Waals surface area (Å²) in [6, 6.07) is 2.88. The zero-order valence-electron chi connectivity index (χ0n) is 19.3. The maximum atomic E-state index is 15.0. The van der Waals surface area contributed by atoms with Crippen molar-refractivity contribution in [2.45, 2.75) is 18.6 Å². The lowest BCUT2D eigenvalue weighted by Crippen LogP contribution is -2.55. The zero-order valence-corrected chi connectivity index (χ0v) is 20.8. The van der Waals surface area contributed by atoms with Crippen LogP contribution in [0.3, 0.4) is 0 Å². The van der Waals surface area contributed by atoms with Crippen molar-refractivity contribution in [1.82, 2.24) is 19.5 Å². The maximum Gasteiger partial charge on any atom is 0.417 e. The summed E-state index contributed by atoms with van der Waals surface area (Å²) in [4.78, 5) is 32.7. The molecule has 1 atom stereocenters. The van der Waals surface area contributed by atoms with E-state index in [1.54, 1.807) is 0 Å². The minimum absolute atomic E-state index is 0.0303. The van der Waals surface area contributed by atoms with Gasteiger partial charge in [0.1, 0.15) is 11.8 Å². The lowest BCUT2D eigenvalue weighted by molar-refractivity contribution is -0.137. The molecule has 0 aliphatic carbocycles. The molecule has 0 bridgehead atoms. The van der Waals surface area contributed by atoms with Crippen LogP contribution in [0.1, 0.15) is 12.0 Å². The lowest BCUT2D eigenvalue weighted by Gasteiger charge is -2.40. The van der Waals surface area contributed by atoms with Crippen molar-refractivity contribution >= 4 is 46.1 Å². The summed E-state index contributed by atoms with van der Waals surface area (Å²) in [5.41, 5.74) is -0.00606. The number of piperazine rings is 1. The maximum absolute atomic E-state index is 15.0. The average Bonchev–Trinajstić information content (AvgIpc) is 2.87. The summed E-state index contributed by atoms with van der Waals surface area (Å²) in [5.74, 6) is -1.81. The Hall–Kier alpha value is -3.89. The highest BCUT2D eigenvalue weighted by molar-refractivity contribution is 6.37. The van der Waals surface area contributed by atoms with Gasteiger partial charge in [0, 0.05) is 25.2 Å². The molecule has 15 heteroatoms. The molecule has 38 heavy (non-hydrogen) atoms. The molecule has 4 rings (SSSR count). The van der Waals surface area contributed by atoms with Gasteiger partial charge in [-0.05, 0) is 18.2 Å². The Morgan fingerprint density at radius 3 is 2.61 bits per heavy atom. The van der Waals surface area contributed by atoms with Crippen LogP contribution in [0.25, 0.3) is 16.6 Å². The van der Waals surface area contributed by atoms with Crippen LogP contribution in [0.15, 0.2) is 35.9 Å². The van der Waals surface area contributed by atoms with Gasteiger partial charge >= 0.3 is 6.18 Å². The predicted octanol–water partition coefficient (Wildman–Crippen LogP) is 3.92. The van der Waals surface area contributed by atoms with Gasteiger partial charge in [-0.3, -0.25) is 9.59 Å². The number of carbonyl (C=O) groups is 1. The fraction of sp³-hybridized carbons (Fsp3) is 0.261. The molecule has 1 saturated heterocycles. The van der Waals surface area contributed by atoms with E-state index in [2.05, 4.69) is 16.7 Å². The first-order chi connectivity index (χ1) is 17.9. The summed E-state index contributed by atoms with van der Waals surface area (Å²) in [5, 5.41) is 12.0. The molecule has 9 nitrogen and oxygen atoms in total. The third-order valence-electron chi connectivity index (χ3n) is 6.09. The SMILES string of the molecule is C=CC(=O)N1CCN(c2ncnn3c(=O)c(-c4c(N)c(Cl)cc(Cl)c4F)c(C(F)(F)F)cc23)CC1CC#N. The summed E-state index contributed by atoms with van der Waals surface area (Å²) < 4.78 is 58.5. The Bertz CT molecular complexity index is 1540. The monoisotopic (exact) mass is 569 g/mol. The molecule has 0 saturated carbocycles. The number of pyridine rings is 1. The molecule has 0 radical (unpaired) electrons. The van der Waals surface area contributed by atoms with Gasteiger partial charge in [0.25, 0.3) is 5.56 Å². The number of anilines is 2. The molecule has 1 aromatic carbocycles. The van der Waals surface area contributed by atoms with Crippen LogP contribution < -0.4 is 16.2 Å². The second-order valence-corrected chi connectivity index (χ2v) is 9.07. The zero-order chi connectivity index (χ0) is 27.9. The molecule has 2 N–H and O–H groups in total. The second kappa shape index (κ2) is 10.1. The average molecular weight is 570 g/mol. The first-order valence-electron chi connectivity index (χ1n) is 10.9. The van der Waals surface area contributed by atoms with Crippen LogP contribution in [-0.2, 0) is 11.0 Å². The van der Waals surface area contributed by atoms with Gasteiger partial charge in [-0.15, -0.1) is 0 Å². The molecule has 3 aromatic rings. The van der Waals surface area contributed by atoms with E-state index in [1.165, 1.54) is 9.80 Å². The van der Waals surface area contributed by atoms with E-state index in [1.807, 2.05) is 6.07 Å². The molecule has 0 spiro atoms. The first kappa shape index (κ1) is 27.2. The predicted molar refractivity (Wildman–Crippen MR) is 132 cm³/mol. The largest absolute Gasteiger partial charge is 0.417 e. The van der Waals surface area contributed by atoms with E-state index >= 15 is 4.39 Å². The van der Waals surface area contributed by atoms with Crippen molar-refractivity contribution in [3.05, 3.63) is 62.9 Å². The lowest BCUT2D eigenvalue weighted by atomic mass is 9.98. The summed E-state index contributed by atoms with van der Waals surface area (Å²) in [6.07, 6.45) is -3.15. The van der Waals surface area contributed by atoms with Gasteiger partial charge in [0.2, 0.25) is 5.91 Å². The number of benzene rings is 1. The van der Waals surface area contributed by atoms with Crippen molar-refractivity contribution in [2.24, 2.45) is 0 Å². The number of hydrogen-bond acceptors (Lipinski definition) is 7. The summed E-state index contributed by atoms with van der Waals surface area (Å²) >= 11 is 11.7. The molecule has 1 fully saturated rings. The smallest absolute Gasteiger partial charge is 0.397 e. The summed E-state index contributed by atoms with van der Waals surface area (Å²) in [6.45, 7) is 3.71. The van der Waals surface area contributed by atoms with E-state index in [0.29, 0.717) is 10.6 Å². The van der Waals surface area contributed by atoms with Crippen LogP contribution >= 0.6 is 23.2 Å². The van der Waals surface area contributed by atoms with Gasteiger partial charge < -0.3 is 15.5 Å². The van der Waals surface area contributed by atoms with Crippen molar-refractivity contribution in [2.75, 3.05) is 30.3 Å². The van der Waals surface area contributed by atoms with E-state index < -0.39 is 56.9 Å².